The number of anilines is 1. The van der Waals surface area contributed by atoms with Gasteiger partial charge < -0.3 is 15.5 Å². The molecule has 0 saturated carbocycles. The monoisotopic (exact) mass is 279 g/mol. The number of hydrogen-bond donors (Lipinski definition) is 4. The Morgan fingerprint density at radius 2 is 1.88 bits per heavy atom. The molecule has 0 aromatic heterocycles. The Morgan fingerprint density at radius 3 is 2.19 bits per heavy atom. The lowest BCUT2D eigenvalue weighted by molar-refractivity contribution is -0.140. The van der Waals surface area contributed by atoms with E-state index in [1.54, 1.807) is 12.1 Å². The van der Waals surface area contributed by atoms with Crippen LogP contribution in [0.2, 0.25) is 5.02 Å². The van der Waals surface area contributed by atoms with Crippen LogP contribution in [0, 0.1) is 0 Å². The van der Waals surface area contributed by atoms with Crippen molar-refractivity contribution in [2.24, 2.45) is 0 Å². The van der Waals surface area contributed by atoms with E-state index in [0.29, 0.717) is 9.34 Å². The van der Waals surface area contributed by atoms with Crippen LogP contribution in [0.1, 0.15) is 0 Å². The number of carboxylic acid groups (broad SMARTS) is 1. The van der Waals surface area contributed by atoms with Crippen molar-refractivity contribution < 1.29 is 15.0 Å². The smallest absolute Gasteiger partial charge is 0.329 e. The second kappa shape index (κ2) is 8.35. The summed E-state index contributed by atoms with van der Waals surface area (Å²) in [5.74, 6) is -1.19. The summed E-state index contributed by atoms with van der Waals surface area (Å²) in [6.45, 7) is -0.778. The number of aliphatic hydroxyl groups is 1. The van der Waals surface area contributed by atoms with Crippen molar-refractivity contribution in [1.29, 1.82) is 0 Å². The Morgan fingerprint density at radius 1 is 1.44 bits per heavy atom. The molecule has 0 aliphatic heterocycles. The Balaban J connectivity index is 0.000000385. The molecule has 4 nitrogen and oxygen atoms in total. The number of aliphatic hydroxyl groups excluding tert-OH is 1. The summed E-state index contributed by atoms with van der Waals surface area (Å²) in [5.41, 5.74) is 0.898. The molecule has 0 bridgehead atoms. The molecule has 0 atom stereocenters. The molecular formula is C9H10ClNO3S2. The normalized spacial score (nSPS) is 8.69. The average molecular weight is 280 g/mol. The number of nitrogens with one attached hydrogen (secondary N) is 1. The van der Waals surface area contributed by atoms with E-state index < -0.39 is 12.6 Å². The van der Waals surface area contributed by atoms with E-state index in [0.717, 1.165) is 5.69 Å². The molecule has 0 aliphatic rings. The first-order valence-electron chi connectivity index (χ1n) is 4.04. The summed E-state index contributed by atoms with van der Waals surface area (Å²) in [5, 5.41) is 18.6. The fourth-order valence-electron chi connectivity index (χ4n) is 0.657. The first-order chi connectivity index (χ1) is 7.45. The van der Waals surface area contributed by atoms with Gasteiger partial charge in [-0.25, -0.2) is 4.79 Å². The molecule has 7 heteroatoms. The van der Waals surface area contributed by atoms with Gasteiger partial charge in [0.25, 0.3) is 0 Å². The average Bonchev–Trinajstić information content (AvgIpc) is 2.22. The van der Waals surface area contributed by atoms with Crippen molar-refractivity contribution in [3.8, 4) is 0 Å². The van der Waals surface area contributed by atoms with E-state index in [-0.39, 0.29) is 0 Å². The highest BCUT2D eigenvalue weighted by molar-refractivity contribution is 8.11. The predicted molar refractivity (Wildman–Crippen MR) is 71.4 cm³/mol. The SMILES string of the molecule is O=C(O)CO.S=C(S)Nc1ccc(Cl)cc1. The van der Waals surface area contributed by atoms with E-state index in [1.165, 1.54) is 0 Å². The third-order valence-electron chi connectivity index (χ3n) is 1.23. The maximum Gasteiger partial charge on any atom is 0.329 e. The van der Waals surface area contributed by atoms with Crippen LogP contribution in [-0.4, -0.2) is 27.1 Å². The minimum absolute atomic E-state index is 0.451. The van der Waals surface area contributed by atoms with Gasteiger partial charge in [-0.2, -0.15) is 0 Å². The molecule has 0 spiro atoms. The molecule has 1 aromatic rings. The zero-order valence-electron chi connectivity index (χ0n) is 8.05. The summed E-state index contributed by atoms with van der Waals surface area (Å²) in [6, 6.07) is 7.25. The first kappa shape index (κ1) is 15.2. The third kappa shape index (κ3) is 8.49. The molecule has 1 aromatic carbocycles. The Kier molecular flexibility index (Phi) is 7.92. The van der Waals surface area contributed by atoms with Crippen LogP contribution in [0.5, 0.6) is 0 Å². The molecule has 0 amide bonds. The summed E-state index contributed by atoms with van der Waals surface area (Å²) in [4.78, 5) is 9.12. The van der Waals surface area contributed by atoms with Crippen LogP contribution in [0.15, 0.2) is 24.3 Å². The predicted octanol–water partition coefficient (Wildman–Crippen LogP) is 2.03. The number of thiocarbonyl (C=S) groups is 1. The van der Waals surface area contributed by atoms with Crippen molar-refractivity contribution >= 4 is 52.4 Å². The topological polar surface area (TPSA) is 69.6 Å². The van der Waals surface area contributed by atoms with Crippen LogP contribution in [0.25, 0.3) is 0 Å². The van der Waals surface area contributed by atoms with Crippen molar-refractivity contribution in [2.45, 2.75) is 0 Å². The van der Waals surface area contributed by atoms with Crippen LogP contribution in [0.4, 0.5) is 5.69 Å². The number of carbonyl (C=O) groups is 1. The maximum absolute atomic E-state index is 9.12. The molecule has 0 unspecified atom stereocenters. The molecule has 0 saturated heterocycles. The molecule has 1 rings (SSSR count). The summed E-state index contributed by atoms with van der Waals surface area (Å²) >= 11 is 14.3. The second-order valence-corrected chi connectivity index (χ2v) is 4.08. The lowest BCUT2D eigenvalue weighted by Crippen LogP contribution is -1.99. The van der Waals surface area contributed by atoms with E-state index in [2.05, 4.69) is 17.9 Å². The second-order valence-electron chi connectivity index (χ2n) is 2.49. The van der Waals surface area contributed by atoms with E-state index in [1.807, 2.05) is 12.1 Å². The highest BCUT2D eigenvalue weighted by atomic mass is 35.5. The Labute approximate surface area is 109 Å². The first-order valence-corrected chi connectivity index (χ1v) is 5.27. The van der Waals surface area contributed by atoms with Gasteiger partial charge in [0.1, 0.15) is 10.9 Å². The van der Waals surface area contributed by atoms with Gasteiger partial charge in [0, 0.05) is 10.7 Å². The summed E-state index contributed by atoms with van der Waals surface area (Å²) in [7, 11) is 0. The summed E-state index contributed by atoms with van der Waals surface area (Å²) in [6.07, 6.45) is 0. The Hall–Kier alpha value is -0.820. The molecule has 0 fully saturated rings. The standard InChI is InChI=1S/C7H6ClNS2.C2H4O3/c8-5-1-3-6(4-2-5)9-7(10)11;3-1-2(4)5/h1-4H,(H2,9,10,11);3H,1H2,(H,4,5). The van der Waals surface area contributed by atoms with Crippen LogP contribution >= 0.6 is 36.4 Å². The zero-order chi connectivity index (χ0) is 12.6. The number of benzene rings is 1. The molecule has 0 heterocycles. The van der Waals surface area contributed by atoms with Gasteiger partial charge in [0.05, 0.1) is 0 Å². The number of thiol groups is 1. The minimum Gasteiger partial charge on any atom is -0.480 e. The molecule has 0 radical (unpaired) electrons. The van der Waals surface area contributed by atoms with E-state index >= 15 is 0 Å². The van der Waals surface area contributed by atoms with E-state index in [9.17, 15) is 0 Å². The van der Waals surface area contributed by atoms with Crippen molar-refractivity contribution in [3.63, 3.8) is 0 Å². The third-order valence-corrected chi connectivity index (χ3v) is 1.70. The highest BCUT2D eigenvalue weighted by Gasteiger charge is 1.91. The van der Waals surface area contributed by atoms with Gasteiger partial charge in [0.2, 0.25) is 0 Å². The lowest BCUT2D eigenvalue weighted by atomic mass is 10.3. The number of carboxylic acids is 1. The van der Waals surface area contributed by atoms with E-state index in [4.69, 9.17) is 38.8 Å². The van der Waals surface area contributed by atoms with Crippen LogP contribution < -0.4 is 5.32 Å². The molecule has 88 valence electrons. The van der Waals surface area contributed by atoms with Gasteiger partial charge in [0.15, 0.2) is 0 Å². The fraction of sp³-hybridized carbons (Fsp3) is 0.111. The molecule has 16 heavy (non-hydrogen) atoms. The Bertz CT molecular complexity index is 356. The van der Waals surface area contributed by atoms with Crippen molar-refractivity contribution in [1.82, 2.24) is 0 Å². The highest BCUT2D eigenvalue weighted by Crippen LogP contribution is 2.13. The lowest BCUT2D eigenvalue weighted by Gasteiger charge is -2.01. The summed E-state index contributed by atoms with van der Waals surface area (Å²) < 4.78 is 0.451. The van der Waals surface area contributed by atoms with Gasteiger partial charge in [-0.05, 0) is 24.3 Å². The zero-order valence-corrected chi connectivity index (χ0v) is 10.5. The van der Waals surface area contributed by atoms with Gasteiger partial charge in [-0.15, -0.1) is 12.6 Å². The maximum atomic E-state index is 9.12. The van der Waals surface area contributed by atoms with Gasteiger partial charge in [-0.3, -0.25) is 0 Å². The molecule has 0 aliphatic carbocycles. The van der Waals surface area contributed by atoms with Gasteiger partial charge >= 0.3 is 5.97 Å². The molecular weight excluding hydrogens is 270 g/mol. The molecule has 3 N–H and O–H groups in total. The number of rotatable bonds is 2. The minimum atomic E-state index is -1.19. The number of hydrogen-bond acceptors (Lipinski definition) is 3. The van der Waals surface area contributed by atoms with Crippen molar-refractivity contribution in [3.05, 3.63) is 29.3 Å². The number of aliphatic carboxylic acids is 1. The quantitative estimate of drug-likeness (QED) is 0.493. The van der Waals surface area contributed by atoms with Crippen LogP contribution in [-0.2, 0) is 4.79 Å². The van der Waals surface area contributed by atoms with Gasteiger partial charge in [-0.1, -0.05) is 23.8 Å². The largest absolute Gasteiger partial charge is 0.480 e. The number of halogens is 1. The fourth-order valence-corrected chi connectivity index (χ4v) is 1.03. The van der Waals surface area contributed by atoms with Crippen LogP contribution in [0.3, 0.4) is 0 Å². The van der Waals surface area contributed by atoms with Crippen molar-refractivity contribution in [2.75, 3.05) is 11.9 Å².